The first-order valence-corrected chi connectivity index (χ1v) is 6.28. The van der Waals surface area contributed by atoms with Crippen molar-refractivity contribution in [2.45, 2.75) is 45.3 Å². The third-order valence-corrected chi connectivity index (χ3v) is 3.19. The molecule has 0 amide bonds. The average Bonchev–Trinajstić information content (AvgIpc) is 2.64. The summed E-state index contributed by atoms with van der Waals surface area (Å²) in [7, 11) is 2.22. The summed E-state index contributed by atoms with van der Waals surface area (Å²) >= 11 is 0. The second-order valence-corrected chi connectivity index (χ2v) is 4.52. The van der Waals surface area contributed by atoms with Crippen LogP contribution in [0.3, 0.4) is 0 Å². The molecular weight excluding hydrogens is 188 g/mol. The van der Waals surface area contributed by atoms with Gasteiger partial charge in [0.2, 0.25) is 0 Å². The zero-order valence-corrected chi connectivity index (χ0v) is 10.5. The van der Waals surface area contributed by atoms with Crippen LogP contribution in [-0.4, -0.2) is 50.3 Å². The number of rotatable bonds is 7. The van der Waals surface area contributed by atoms with E-state index in [1.807, 2.05) is 0 Å². The molecule has 2 unspecified atom stereocenters. The molecule has 0 aromatic rings. The summed E-state index contributed by atoms with van der Waals surface area (Å²) in [5, 5.41) is 3.43. The summed E-state index contributed by atoms with van der Waals surface area (Å²) in [5.41, 5.74) is 0. The molecule has 0 aliphatic carbocycles. The standard InChI is InChI=1S/C12H26N2O/c1-4-7-13-8-5-9-14(3)12-6-10-15-11(12)2/h11-13H,4-10H2,1-3H3. The fourth-order valence-corrected chi connectivity index (χ4v) is 2.22. The fourth-order valence-electron chi connectivity index (χ4n) is 2.22. The van der Waals surface area contributed by atoms with Gasteiger partial charge in [-0.2, -0.15) is 0 Å². The Hall–Kier alpha value is -0.120. The molecule has 1 heterocycles. The molecule has 1 N–H and O–H groups in total. The van der Waals surface area contributed by atoms with Gasteiger partial charge in [-0.1, -0.05) is 6.92 Å². The summed E-state index contributed by atoms with van der Waals surface area (Å²) in [6.07, 6.45) is 4.07. The molecule has 1 rings (SSSR count). The molecule has 3 heteroatoms. The van der Waals surface area contributed by atoms with E-state index in [9.17, 15) is 0 Å². The number of ether oxygens (including phenoxy) is 1. The molecule has 15 heavy (non-hydrogen) atoms. The van der Waals surface area contributed by atoms with Crippen LogP contribution in [0.25, 0.3) is 0 Å². The van der Waals surface area contributed by atoms with Gasteiger partial charge >= 0.3 is 0 Å². The van der Waals surface area contributed by atoms with Gasteiger partial charge in [0.1, 0.15) is 0 Å². The maximum absolute atomic E-state index is 5.57. The number of nitrogens with one attached hydrogen (secondary N) is 1. The second-order valence-electron chi connectivity index (χ2n) is 4.52. The third-order valence-electron chi connectivity index (χ3n) is 3.19. The SMILES string of the molecule is CCCNCCCN(C)C1CCOC1C. The summed E-state index contributed by atoms with van der Waals surface area (Å²) in [6.45, 7) is 8.78. The number of nitrogens with zero attached hydrogens (tertiary/aromatic N) is 1. The van der Waals surface area contributed by atoms with Crippen molar-refractivity contribution in [3.05, 3.63) is 0 Å². The molecule has 0 aromatic carbocycles. The minimum atomic E-state index is 0.415. The maximum Gasteiger partial charge on any atom is 0.0702 e. The van der Waals surface area contributed by atoms with Crippen LogP contribution in [0.2, 0.25) is 0 Å². The highest BCUT2D eigenvalue weighted by atomic mass is 16.5. The Morgan fingerprint density at radius 3 is 2.80 bits per heavy atom. The molecule has 0 radical (unpaired) electrons. The molecule has 0 aromatic heterocycles. The van der Waals surface area contributed by atoms with Gasteiger partial charge in [-0.05, 0) is 52.9 Å². The van der Waals surface area contributed by atoms with E-state index in [1.54, 1.807) is 0 Å². The Balaban J connectivity index is 2.05. The second kappa shape index (κ2) is 7.20. The van der Waals surface area contributed by atoms with Crippen molar-refractivity contribution in [1.29, 1.82) is 0 Å². The summed E-state index contributed by atoms with van der Waals surface area (Å²) in [5.74, 6) is 0. The van der Waals surface area contributed by atoms with Crippen molar-refractivity contribution in [3.63, 3.8) is 0 Å². The molecule has 2 atom stereocenters. The van der Waals surface area contributed by atoms with E-state index in [2.05, 4.69) is 31.1 Å². The third kappa shape index (κ3) is 4.49. The highest BCUT2D eigenvalue weighted by molar-refractivity contribution is 4.80. The molecule has 90 valence electrons. The molecule has 1 aliphatic rings. The van der Waals surface area contributed by atoms with Gasteiger partial charge in [-0.15, -0.1) is 0 Å². The van der Waals surface area contributed by atoms with Gasteiger partial charge in [0.25, 0.3) is 0 Å². The van der Waals surface area contributed by atoms with E-state index >= 15 is 0 Å². The lowest BCUT2D eigenvalue weighted by Crippen LogP contribution is -2.38. The Kier molecular flexibility index (Phi) is 6.22. The quantitative estimate of drug-likeness (QED) is 0.650. The van der Waals surface area contributed by atoms with Crippen molar-refractivity contribution in [2.75, 3.05) is 33.3 Å². The van der Waals surface area contributed by atoms with Crippen LogP contribution in [0.1, 0.15) is 33.1 Å². The fraction of sp³-hybridized carbons (Fsp3) is 1.00. The predicted molar refractivity (Wildman–Crippen MR) is 64.2 cm³/mol. The van der Waals surface area contributed by atoms with Crippen LogP contribution < -0.4 is 5.32 Å². The summed E-state index contributed by atoms with van der Waals surface area (Å²) in [4.78, 5) is 2.45. The lowest BCUT2D eigenvalue weighted by molar-refractivity contribution is 0.0834. The topological polar surface area (TPSA) is 24.5 Å². The van der Waals surface area contributed by atoms with E-state index < -0.39 is 0 Å². The number of hydrogen-bond donors (Lipinski definition) is 1. The predicted octanol–water partition coefficient (Wildman–Crippen LogP) is 1.49. The smallest absolute Gasteiger partial charge is 0.0702 e. The normalized spacial score (nSPS) is 26.4. The van der Waals surface area contributed by atoms with Crippen LogP contribution in [-0.2, 0) is 4.74 Å². The first-order valence-electron chi connectivity index (χ1n) is 6.28. The van der Waals surface area contributed by atoms with Crippen molar-refractivity contribution < 1.29 is 4.74 Å². The number of likely N-dealkylation sites (N-methyl/N-ethyl adjacent to an activating group) is 1. The van der Waals surface area contributed by atoms with Gasteiger partial charge in [0.15, 0.2) is 0 Å². The monoisotopic (exact) mass is 214 g/mol. The Morgan fingerprint density at radius 1 is 1.40 bits per heavy atom. The lowest BCUT2D eigenvalue weighted by Gasteiger charge is -2.26. The van der Waals surface area contributed by atoms with Crippen LogP contribution in [0.15, 0.2) is 0 Å². The first kappa shape index (κ1) is 12.9. The van der Waals surface area contributed by atoms with Crippen LogP contribution in [0.4, 0.5) is 0 Å². The Bertz CT molecular complexity index is 164. The van der Waals surface area contributed by atoms with Crippen molar-refractivity contribution in [3.8, 4) is 0 Å². The van der Waals surface area contributed by atoms with Crippen molar-refractivity contribution in [2.24, 2.45) is 0 Å². The molecular formula is C12H26N2O. The minimum absolute atomic E-state index is 0.415. The molecule has 1 saturated heterocycles. The largest absolute Gasteiger partial charge is 0.377 e. The van der Waals surface area contributed by atoms with Gasteiger partial charge in [-0.3, -0.25) is 0 Å². The van der Waals surface area contributed by atoms with Crippen LogP contribution in [0, 0.1) is 0 Å². The van der Waals surface area contributed by atoms with E-state index in [0.717, 1.165) is 19.7 Å². The number of hydrogen-bond acceptors (Lipinski definition) is 3. The van der Waals surface area contributed by atoms with Gasteiger partial charge in [0, 0.05) is 12.6 Å². The average molecular weight is 214 g/mol. The molecule has 3 nitrogen and oxygen atoms in total. The van der Waals surface area contributed by atoms with Gasteiger partial charge < -0.3 is 15.0 Å². The van der Waals surface area contributed by atoms with Crippen molar-refractivity contribution in [1.82, 2.24) is 10.2 Å². The summed E-state index contributed by atoms with van der Waals surface area (Å²) in [6, 6.07) is 0.635. The zero-order valence-electron chi connectivity index (χ0n) is 10.5. The Labute approximate surface area is 94.2 Å². The molecule has 0 bridgehead atoms. The van der Waals surface area contributed by atoms with Gasteiger partial charge in [-0.25, -0.2) is 0 Å². The Morgan fingerprint density at radius 2 is 2.20 bits per heavy atom. The lowest BCUT2D eigenvalue weighted by atomic mass is 10.1. The molecule has 1 aliphatic heterocycles. The zero-order chi connectivity index (χ0) is 11.1. The van der Waals surface area contributed by atoms with E-state index in [-0.39, 0.29) is 0 Å². The first-order chi connectivity index (χ1) is 7.25. The van der Waals surface area contributed by atoms with Crippen LogP contribution >= 0.6 is 0 Å². The highest BCUT2D eigenvalue weighted by Gasteiger charge is 2.27. The molecule has 1 fully saturated rings. The van der Waals surface area contributed by atoms with Gasteiger partial charge in [0.05, 0.1) is 6.10 Å². The summed E-state index contributed by atoms with van der Waals surface area (Å²) < 4.78 is 5.57. The van der Waals surface area contributed by atoms with E-state index in [1.165, 1.54) is 25.8 Å². The molecule has 0 saturated carbocycles. The maximum atomic E-state index is 5.57. The molecule has 0 spiro atoms. The van der Waals surface area contributed by atoms with E-state index in [0.29, 0.717) is 12.1 Å². The van der Waals surface area contributed by atoms with E-state index in [4.69, 9.17) is 4.74 Å². The van der Waals surface area contributed by atoms with Crippen molar-refractivity contribution >= 4 is 0 Å². The minimum Gasteiger partial charge on any atom is -0.377 e. The highest BCUT2D eigenvalue weighted by Crippen LogP contribution is 2.17. The van der Waals surface area contributed by atoms with Crippen LogP contribution in [0.5, 0.6) is 0 Å².